The molecule has 0 fully saturated rings. The number of halogens is 1. The highest BCUT2D eigenvalue weighted by Crippen LogP contribution is 2.16. The Kier molecular flexibility index (Phi) is 6.28. The van der Waals surface area contributed by atoms with Crippen LogP contribution < -0.4 is 10.0 Å². The molecule has 1 aromatic heterocycles. The molecule has 0 saturated heterocycles. The van der Waals surface area contributed by atoms with E-state index < -0.39 is 10.0 Å². The Balaban J connectivity index is 1.68. The quantitative estimate of drug-likeness (QED) is 0.610. The molecular weight excluding hydrogens is 404 g/mol. The SMILES string of the molecule is O=C(NCc1ccccc1Cl)c1cccc(S(=O)(=O)NCc2cccs2)c1. The fraction of sp³-hybridized carbons (Fsp3) is 0.105. The minimum absolute atomic E-state index is 0.0458. The molecule has 2 N–H and O–H groups in total. The largest absolute Gasteiger partial charge is 0.348 e. The van der Waals surface area contributed by atoms with E-state index in [-0.39, 0.29) is 29.5 Å². The van der Waals surface area contributed by atoms with Crippen molar-refractivity contribution in [2.24, 2.45) is 0 Å². The standard InChI is InChI=1S/C19H17ClN2O3S2/c20-18-9-2-1-5-15(18)12-21-19(23)14-6-3-8-17(11-14)27(24,25)22-13-16-7-4-10-26-16/h1-11,22H,12-13H2,(H,21,23). The van der Waals surface area contributed by atoms with Gasteiger partial charge >= 0.3 is 0 Å². The van der Waals surface area contributed by atoms with Gasteiger partial charge in [-0.05, 0) is 41.3 Å². The van der Waals surface area contributed by atoms with Gasteiger partial charge in [-0.3, -0.25) is 4.79 Å². The summed E-state index contributed by atoms with van der Waals surface area (Å²) in [6, 6.07) is 16.9. The van der Waals surface area contributed by atoms with Gasteiger partial charge in [-0.25, -0.2) is 13.1 Å². The first-order chi connectivity index (χ1) is 13.0. The Morgan fingerprint density at radius 2 is 1.81 bits per heavy atom. The van der Waals surface area contributed by atoms with Gasteiger partial charge in [-0.2, -0.15) is 0 Å². The average Bonchev–Trinajstić information content (AvgIpc) is 3.19. The van der Waals surface area contributed by atoms with Crippen LogP contribution in [0.1, 0.15) is 20.8 Å². The molecule has 3 aromatic rings. The van der Waals surface area contributed by atoms with Gasteiger partial charge < -0.3 is 5.32 Å². The second kappa shape index (κ2) is 8.67. The van der Waals surface area contributed by atoms with Crippen LogP contribution in [0, 0.1) is 0 Å². The number of hydrogen-bond acceptors (Lipinski definition) is 4. The van der Waals surface area contributed by atoms with Gasteiger partial charge in [0.2, 0.25) is 10.0 Å². The highest BCUT2D eigenvalue weighted by molar-refractivity contribution is 7.89. The van der Waals surface area contributed by atoms with E-state index in [9.17, 15) is 13.2 Å². The lowest BCUT2D eigenvalue weighted by molar-refractivity contribution is 0.0950. The highest BCUT2D eigenvalue weighted by Gasteiger charge is 2.16. The summed E-state index contributed by atoms with van der Waals surface area (Å²) in [5.41, 5.74) is 1.05. The smallest absolute Gasteiger partial charge is 0.251 e. The zero-order valence-electron chi connectivity index (χ0n) is 14.2. The van der Waals surface area contributed by atoms with Crippen LogP contribution in [-0.2, 0) is 23.1 Å². The van der Waals surface area contributed by atoms with Crippen LogP contribution in [0.25, 0.3) is 0 Å². The van der Waals surface area contributed by atoms with E-state index in [4.69, 9.17) is 11.6 Å². The summed E-state index contributed by atoms with van der Waals surface area (Å²) >= 11 is 7.55. The third-order valence-corrected chi connectivity index (χ3v) is 6.46. The summed E-state index contributed by atoms with van der Waals surface area (Å²) in [7, 11) is -3.71. The fourth-order valence-electron chi connectivity index (χ4n) is 2.39. The van der Waals surface area contributed by atoms with Crippen molar-refractivity contribution < 1.29 is 13.2 Å². The van der Waals surface area contributed by atoms with E-state index in [0.717, 1.165) is 10.4 Å². The van der Waals surface area contributed by atoms with Crippen molar-refractivity contribution in [2.75, 3.05) is 0 Å². The van der Waals surface area contributed by atoms with Gasteiger partial charge in [0.25, 0.3) is 5.91 Å². The summed E-state index contributed by atoms with van der Waals surface area (Å²) in [6.45, 7) is 0.467. The van der Waals surface area contributed by atoms with Gasteiger partial charge in [0.05, 0.1) is 4.90 Å². The van der Waals surface area contributed by atoms with Crippen molar-refractivity contribution in [2.45, 2.75) is 18.0 Å². The Hall–Kier alpha value is -2.19. The predicted octanol–water partition coefficient (Wildman–Crippen LogP) is 3.81. The maximum Gasteiger partial charge on any atom is 0.251 e. The first-order valence-corrected chi connectivity index (χ1v) is 10.8. The molecule has 0 unspecified atom stereocenters. The van der Waals surface area contributed by atoms with Crippen molar-refractivity contribution in [3.63, 3.8) is 0 Å². The molecule has 0 aliphatic rings. The number of carbonyl (C=O) groups excluding carboxylic acids is 1. The lowest BCUT2D eigenvalue weighted by atomic mass is 10.2. The van der Waals surface area contributed by atoms with Crippen molar-refractivity contribution >= 4 is 38.9 Å². The molecule has 0 bridgehead atoms. The van der Waals surface area contributed by atoms with E-state index in [1.807, 2.05) is 35.7 Å². The van der Waals surface area contributed by atoms with Crippen LogP contribution in [0.2, 0.25) is 5.02 Å². The number of carbonyl (C=O) groups is 1. The van der Waals surface area contributed by atoms with E-state index >= 15 is 0 Å². The Morgan fingerprint density at radius 3 is 2.56 bits per heavy atom. The van der Waals surface area contributed by atoms with Gasteiger partial charge in [-0.1, -0.05) is 41.9 Å². The lowest BCUT2D eigenvalue weighted by Gasteiger charge is -2.09. The zero-order valence-corrected chi connectivity index (χ0v) is 16.6. The van der Waals surface area contributed by atoms with Crippen LogP contribution in [-0.4, -0.2) is 14.3 Å². The fourth-order valence-corrected chi connectivity index (χ4v) is 4.38. The molecule has 0 aliphatic heterocycles. The molecule has 0 spiro atoms. The number of benzene rings is 2. The van der Waals surface area contributed by atoms with Crippen molar-refractivity contribution in [3.8, 4) is 0 Å². The van der Waals surface area contributed by atoms with Crippen LogP contribution in [0.3, 0.4) is 0 Å². The first-order valence-electron chi connectivity index (χ1n) is 8.09. The van der Waals surface area contributed by atoms with E-state index in [0.29, 0.717) is 5.02 Å². The number of hydrogen-bond donors (Lipinski definition) is 2. The van der Waals surface area contributed by atoms with Crippen LogP contribution in [0.15, 0.2) is 70.9 Å². The summed E-state index contributed by atoms with van der Waals surface area (Å²) in [5.74, 6) is -0.370. The molecule has 0 aliphatic carbocycles. The normalized spacial score (nSPS) is 11.3. The molecular formula is C19H17ClN2O3S2. The number of sulfonamides is 1. The third-order valence-electron chi connectivity index (χ3n) is 3.82. The molecule has 5 nitrogen and oxygen atoms in total. The summed E-state index contributed by atoms with van der Waals surface area (Å²) in [5, 5.41) is 5.20. The molecule has 1 amide bonds. The molecule has 1 heterocycles. The van der Waals surface area contributed by atoms with Gasteiger partial charge in [-0.15, -0.1) is 11.3 Å². The summed E-state index contributed by atoms with van der Waals surface area (Å²) in [4.78, 5) is 13.3. The summed E-state index contributed by atoms with van der Waals surface area (Å²) < 4.78 is 27.5. The third kappa shape index (κ3) is 5.17. The van der Waals surface area contributed by atoms with Crippen molar-refractivity contribution in [1.82, 2.24) is 10.0 Å². The molecule has 2 aromatic carbocycles. The second-order valence-electron chi connectivity index (χ2n) is 5.71. The zero-order chi connectivity index (χ0) is 19.3. The van der Waals surface area contributed by atoms with Gasteiger partial charge in [0.1, 0.15) is 0 Å². The number of thiophene rings is 1. The Bertz CT molecular complexity index is 1030. The van der Waals surface area contributed by atoms with Crippen molar-refractivity contribution in [1.29, 1.82) is 0 Å². The minimum Gasteiger partial charge on any atom is -0.348 e. The molecule has 27 heavy (non-hydrogen) atoms. The van der Waals surface area contributed by atoms with Crippen molar-refractivity contribution in [3.05, 3.63) is 87.1 Å². The van der Waals surface area contributed by atoms with E-state index in [2.05, 4.69) is 10.0 Å². The molecule has 0 saturated carbocycles. The van der Waals surface area contributed by atoms with Gasteiger partial charge in [0, 0.05) is 28.6 Å². The monoisotopic (exact) mass is 420 g/mol. The van der Waals surface area contributed by atoms with E-state index in [1.165, 1.54) is 23.5 Å². The van der Waals surface area contributed by atoms with Crippen LogP contribution >= 0.6 is 22.9 Å². The van der Waals surface area contributed by atoms with Crippen LogP contribution in [0.5, 0.6) is 0 Å². The Labute approximate surface area is 167 Å². The topological polar surface area (TPSA) is 75.3 Å². The average molecular weight is 421 g/mol. The summed E-state index contributed by atoms with van der Waals surface area (Å²) in [6.07, 6.45) is 0. The number of rotatable bonds is 7. The molecule has 0 radical (unpaired) electrons. The molecule has 3 rings (SSSR count). The number of amides is 1. The second-order valence-corrected chi connectivity index (χ2v) is 8.91. The van der Waals surface area contributed by atoms with Gasteiger partial charge in [0.15, 0.2) is 0 Å². The molecule has 0 atom stereocenters. The molecule has 8 heteroatoms. The van der Waals surface area contributed by atoms with E-state index in [1.54, 1.807) is 18.2 Å². The van der Waals surface area contributed by atoms with Crippen LogP contribution in [0.4, 0.5) is 0 Å². The maximum absolute atomic E-state index is 12.5. The maximum atomic E-state index is 12.5. The number of nitrogens with one attached hydrogen (secondary N) is 2. The predicted molar refractivity (Wildman–Crippen MR) is 107 cm³/mol. The minimum atomic E-state index is -3.71. The molecule has 140 valence electrons. The lowest BCUT2D eigenvalue weighted by Crippen LogP contribution is -2.25. The highest BCUT2D eigenvalue weighted by atomic mass is 35.5. The first kappa shape index (κ1) is 19.6. The Morgan fingerprint density at radius 1 is 1.00 bits per heavy atom.